The SMILES string of the molecule is CCOC(=O)Cc1csc(NC(=O)CN2CCN(CC(=O)c3ccco3)CC2)n1. The van der Waals surface area contributed by atoms with Crippen molar-refractivity contribution in [2.24, 2.45) is 0 Å². The van der Waals surface area contributed by atoms with E-state index in [0.717, 1.165) is 0 Å². The van der Waals surface area contributed by atoms with E-state index in [9.17, 15) is 14.4 Å². The number of ether oxygens (including phenoxy) is 1. The van der Waals surface area contributed by atoms with Crippen LogP contribution in [0.4, 0.5) is 5.13 Å². The van der Waals surface area contributed by atoms with Crippen LogP contribution in [0.3, 0.4) is 0 Å². The first-order valence-corrected chi connectivity index (χ1v) is 10.3. The molecular weight excluding hydrogens is 396 g/mol. The number of aromatic nitrogens is 1. The Hall–Kier alpha value is -2.56. The van der Waals surface area contributed by atoms with E-state index in [1.165, 1.54) is 17.6 Å². The predicted octanol–water partition coefficient (Wildman–Crippen LogP) is 1.28. The van der Waals surface area contributed by atoms with Crippen molar-refractivity contribution in [3.05, 3.63) is 35.2 Å². The molecule has 3 rings (SSSR count). The Kier molecular flexibility index (Phi) is 7.50. The minimum absolute atomic E-state index is 0.0383. The number of carbonyl (C=O) groups excluding carboxylic acids is 3. The van der Waals surface area contributed by atoms with E-state index in [-0.39, 0.29) is 30.6 Å². The van der Waals surface area contributed by atoms with Crippen LogP contribution in [0.15, 0.2) is 28.2 Å². The molecule has 10 heteroatoms. The molecule has 0 saturated carbocycles. The number of amides is 1. The van der Waals surface area contributed by atoms with Crippen LogP contribution in [-0.4, -0.2) is 78.3 Å². The number of piperazine rings is 1. The van der Waals surface area contributed by atoms with Gasteiger partial charge >= 0.3 is 5.97 Å². The summed E-state index contributed by atoms with van der Waals surface area (Å²) in [4.78, 5) is 44.2. The monoisotopic (exact) mass is 420 g/mol. The molecule has 1 aliphatic rings. The van der Waals surface area contributed by atoms with Crippen LogP contribution >= 0.6 is 11.3 Å². The lowest BCUT2D eigenvalue weighted by atomic mass is 10.2. The highest BCUT2D eigenvalue weighted by Gasteiger charge is 2.22. The van der Waals surface area contributed by atoms with Gasteiger partial charge < -0.3 is 14.5 Å². The molecular formula is C19H24N4O5S. The molecule has 1 saturated heterocycles. The van der Waals surface area contributed by atoms with Crippen LogP contribution < -0.4 is 5.32 Å². The number of hydrogen-bond donors (Lipinski definition) is 1. The van der Waals surface area contributed by atoms with E-state index in [0.29, 0.717) is 55.9 Å². The highest BCUT2D eigenvalue weighted by atomic mass is 32.1. The number of thiazole rings is 1. The number of carbonyl (C=O) groups is 3. The Morgan fingerprint density at radius 2 is 1.93 bits per heavy atom. The van der Waals surface area contributed by atoms with E-state index in [2.05, 4.69) is 15.2 Å². The van der Waals surface area contributed by atoms with Crippen molar-refractivity contribution < 1.29 is 23.5 Å². The Morgan fingerprint density at radius 1 is 1.21 bits per heavy atom. The summed E-state index contributed by atoms with van der Waals surface area (Å²) in [5.41, 5.74) is 0.582. The molecule has 0 aromatic carbocycles. The van der Waals surface area contributed by atoms with Crippen molar-refractivity contribution >= 4 is 34.1 Å². The fourth-order valence-corrected chi connectivity index (χ4v) is 3.72. The van der Waals surface area contributed by atoms with Crippen LogP contribution in [0, 0.1) is 0 Å². The number of hydrogen-bond acceptors (Lipinski definition) is 9. The molecule has 0 radical (unpaired) electrons. The zero-order chi connectivity index (χ0) is 20.6. The van der Waals surface area contributed by atoms with Crippen molar-refractivity contribution in [3.8, 4) is 0 Å². The molecule has 0 spiro atoms. The first-order valence-electron chi connectivity index (χ1n) is 9.44. The summed E-state index contributed by atoms with van der Waals surface area (Å²) < 4.78 is 10.0. The maximum absolute atomic E-state index is 12.3. The summed E-state index contributed by atoms with van der Waals surface area (Å²) in [6.07, 6.45) is 1.59. The first kappa shape index (κ1) is 21.2. The maximum atomic E-state index is 12.3. The van der Waals surface area contributed by atoms with Gasteiger partial charge in [-0.15, -0.1) is 11.3 Å². The lowest BCUT2D eigenvalue weighted by Crippen LogP contribution is -2.49. The molecule has 1 fully saturated rings. The average molecular weight is 420 g/mol. The second-order valence-electron chi connectivity index (χ2n) is 6.63. The molecule has 0 atom stereocenters. The second kappa shape index (κ2) is 10.3. The number of esters is 1. The average Bonchev–Trinajstić information content (AvgIpc) is 3.36. The lowest BCUT2D eigenvalue weighted by Gasteiger charge is -2.33. The molecule has 1 amide bonds. The first-order chi connectivity index (χ1) is 14.0. The molecule has 0 aliphatic carbocycles. The second-order valence-corrected chi connectivity index (χ2v) is 7.48. The van der Waals surface area contributed by atoms with Gasteiger partial charge in [0.05, 0.1) is 38.1 Å². The van der Waals surface area contributed by atoms with Gasteiger partial charge in [0.25, 0.3) is 0 Å². The number of furan rings is 1. The Balaban J connectivity index is 1.38. The summed E-state index contributed by atoms with van der Waals surface area (Å²) in [6.45, 7) is 5.47. The normalized spacial score (nSPS) is 15.2. The number of nitrogens with zero attached hydrogens (tertiary/aromatic N) is 3. The molecule has 29 heavy (non-hydrogen) atoms. The third kappa shape index (κ3) is 6.48. The summed E-state index contributed by atoms with van der Waals surface area (Å²) in [6, 6.07) is 3.37. The van der Waals surface area contributed by atoms with Gasteiger partial charge in [0, 0.05) is 31.6 Å². The van der Waals surface area contributed by atoms with Gasteiger partial charge in [-0.1, -0.05) is 0 Å². The molecule has 2 aromatic rings. The summed E-state index contributed by atoms with van der Waals surface area (Å²) in [7, 11) is 0. The van der Waals surface area contributed by atoms with E-state index in [4.69, 9.17) is 9.15 Å². The highest BCUT2D eigenvalue weighted by Crippen LogP contribution is 2.16. The molecule has 156 valence electrons. The van der Waals surface area contributed by atoms with Crippen molar-refractivity contribution in [3.63, 3.8) is 0 Å². The van der Waals surface area contributed by atoms with E-state index in [1.54, 1.807) is 24.4 Å². The van der Waals surface area contributed by atoms with Gasteiger partial charge in [0.1, 0.15) is 0 Å². The van der Waals surface area contributed by atoms with Crippen LogP contribution in [0.5, 0.6) is 0 Å². The number of nitrogens with one attached hydrogen (secondary N) is 1. The van der Waals surface area contributed by atoms with Gasteiger partial charge in [-0.05, 0) is 19.1 Å². The predicted molar refractivity (Wildman–Crippen MR) is 107 cm³/mol. The Labute approximate surface area is 172 Å². The van der Waals surface area contributed by atoms with E-state index < -0.39 is 0 Å². The molecule has 1 N–H and O–H groups in total. The summed E-state index contributed by atoms with van der Waals surface area (Å²) in [5, 5.41) is 4.98. The van der Waals surface area contributed by atoms with E-state index in [1.807, 2.05) is 4.90 Å². The molecule has 0 bridgehead atoms. The van der Waals surface area contributed by atoms with Crippen molar-refractivity contribution in [2.45, 2.75) is 13.3 Å². The summed E-state index contributed by atoms with van der Waals surface area (Å²) in [5.74, 6) is -0.151. The van der Waals surface area contributed by atoms with Crippen LogP contribution in [-0.2, 0) is 20.7 Å². The van der Waals surface area contributed by atoms with Crippen molar-refractivity contribution in [1.82, 2.24) is 14.8 Å². The van der Waals surface area contributed by atoms with Crippen molar-refractivity contribution in [2.75, 3.05) is 51.2 Å². The molecule has 9 nitrogen and oxygen atoms in total. The molecule has 0 unspecified atom stereocenters. The number of rotatable bonds is 9. The standard InChI is InChI=1S/C19H24N4O5S/c1-2-27-18(26)10-14-13-29-19(20-14)21-17(25)12-23-7-5-22(6-8-23)11-15(24)16-4-3-9-28-16/h3-4,9,13H,2,5-8,10-12H2,1H3,(H,20,21,25). The Morgan fingerprint density at radius 3 is 2.59 bits per heavy atom. The Bertz CT molecular complexity index is 828. The zero-order valence-corrected chi connectivity index (χ0v) is 17.1. The third-order valence-electron chi connectivity index (χ3n) is 4.42. The summed E-state index contributed by atoms with van der Waals surface area (Å²) >= 11 is 1.28. The maximum Gasteiger partial charge on any atom is 0.311 e. The quantitative estimate of drug-likeness (QED) is 0.478. The number of Topliss-reactive ketones (excluding diaryl/α,β-unsaturated/α-hetero) is 1. The molecule has 3 heterocycles. The van der Waals surface area contributed by atoms with Gasteiger partial charge in [-0.3, -0.25) is 24.2 Å². The fraction of sp³-hybridized carbons (Fsp3) is 0.474. The van der Waals surface area contributed by atoms with E-state index >= 15 is 0 Å². The largest absolute Gasteiger partial charge is 0.466 e. The number of ketones is 1. The molecule has 2 aromatic heterocycles. The van der Waals surface area contributed by atoms with Gasteiger partial charge in [-0.2, -0.15) is 0 Å². The smallest absolute Gasteiger partial charge is 0.311 e. The zero-order valence-electron chi connectivity index (χ0n) is 16.3. The third-order valence-corrected chi connectivity index (χ3v) is 5.23. The van der Waals surface area contributed by atoms with Crippen LogP contribution in [0.2, 0.25) is 0 Å². The molecule has 1 aliphatic heterocycles. The minimum Gasteiger partial charge on any atom is -0.466 e. The van der Waals surface area contributed by atoms with Crippen LogP contribution in [0.25, 0.3) is 0 Å². The van der Waals surface area contributed by atoms with Crippen molar-refractivity contribution in [1.29, 1.82) is 0 Å². The minimum atomic E-state index is -0.334. The van der Waals surface area contributed by atoms with Gasteiger partial charge in [0.2, 0.25) is 11.7 Å². The highest BCUT2D eigenvalue weighted by molar-refractivity contribution is 7.13. The van der Waals surface area contributed by atoms with Crippen LogP contribution in [0.1, 0.15) is 23.2 Å². The lowest BCUT2D eigenvalue weighted by molar-refractivity contribution is -0.142. The topological polar surface area (TPSA) is 105 Å². The fourth-order valence-electron chi connectivity index (χ4n) is 2.99. The number of anilines is 1. The van der Waals surface area contributed by atoms with Gasteiger partial charge in [-0.25, -0.2) is 4.98 Å². The van der Waals surface area contributed by atoms with Gasteiger partial charge in [0.15, 0.2) is 10.9 Å².